The summed E-state index contributed by atoms with van der Waals surface area (Å²) in [5.74, 6) is -0.355. The highest BCUT2D eigenvalue weighted by Gasteiger charge is 2.40. The summed E-state index contributed by atoms with van der Waals surface area (Å²) >= 11 is 1.51. The number of nitrogens with one attached hydrogen (secondary N) is 2. The van der Waals surface area contributed by atoms with Crippen molar-refractivity contribution in [1.29, 1.82) is 0 Å². The Morgan fingerprint density at radius 2 is 1.86 bits per heavy atom. The van der Waals surface area contributed by atoms with Gasteiger partial charge in [-0.3, -0.25) is 24.0 Å². The van der Waals surface area contributed by atoms with E-state index >= 15 is 0 Å². The van der Waals surface area contributed by atoms with Crippen molar-refractivity contribution in [2.24, 2.45) is 5.41 Å². The van der Waals surface area contributed by atoms with Gasteiger partial charge >= 0.3 is 0 Å². The third-order valence-corrected chi connectivity index (χ3v) is 10.8. The zero-order valence-corrected chi connectivity index (χ0v) is 24.7. The lowest BCUT2D eigenvalue weighted by Gasteiger charge is -2.43. The highest BCUT2D eigenvalue weighted by molar-refractivity contribution is 7.18. The first kappa shape index (κ1) is 27.5. The number of thiophene rings is 1. The maximum absolute atomic E-state index is 13.2. The van der Waals surface area contributed by atoms with E-state index in [1.807, 2.05) is 28.0 Å². The second kappa shape index (κ2) is 10.1. The van der Waals surface area contributed by atoms with Crippen LogP contribution in [0.25, 0.3) is 10.2 Å². The van der Waals surface area contributed by atoms with Crippen molar-refractivity contribution in [3.05, 3.63) is 82.0 Å². The molecule has 0 saturated carbocycles. The minimum absolute atomic E-state index is 0.0136. The van der Waals surface area contributed by atoms with E-state index in [-0.39, 0.29) is 34.9 Å². The Morgan fingerprint density at radius 3 is 2.60 bits per heavy atom. The van der Waals surface area contributed by atoms with Crippen LogP contribution >= 0.6 is 11.3 Å². The van der Waals surface area contributed by atoms with Gasteiger partial charge in [-0.15, -0.1) is 11.3 Å². The molecule has 4 N–H and O–H groups in total. The van der Waals surface area contributed by atoms with Crippen LogP contribution in [0.3, 0.4) is 0 Å². The number of carbonyl (C=O) groups is 2. The standard InChI is InChI=1S/C31H32N6O5S/c1-16(38)36-10-7-31(8-11-36)6-4-20-21(13-31)43-30-22(20)28(41)34-27(35-30)29(42)33-14-17-2-3-18-5-9-37(15-19(18)12-17)24-23(32)25(39)26(24)40/h2-3,12H,4-11,13-15,32H2,1H3,(H,33,42)(H,34,35,41). The van der Waals surface area contributed by atoms with Gasteiger partial charge in [0.1, 0.15) is 16.2 Å². The zero-order valence-electron chi connectivity index (χ0n) is 23.9. The molecule has 0 bridgehead atoms. The number of H-pyrrole nitrogens is 1. The molecule has 4 aromatic rings. The number of nitrogens with zero attached hydrogens (tertiary/aromatic N) is 3. The fourth-order valence-corrected chi connectivity index (χ4v) is 8.45. The lowest BCUT2D eigenvalue weighted by atomic mass is 9.68. The summed E-state index contributed by atoms with van der Waals surface area (Å²) in [6, 6.07) is 5.94. The number of fused-ring (bicyclic) bond motifs is 4. The van der Waals surface area contributed by atoms with Gasteiger partial charge in [-0.25, -0.2) is 4.98 Å². The molecule has 43 heavy (non-hydrogen) atoms. The van der Waals surface area contributed by atoms with Gasteiger partial charge in [0.15, 0.2) is 0 Å². The molecule has 2 aliphatic heterocycles. The second-order valence-corrected chi connectivity index (χ2v) is 13.2. The van der Waals surface area contributed by atoms with Crippen LogP contribution in [0.4, 0.5) is 11.4 Å². The number of benzene rings is 1. The first-order valence-corrected chi connectivity index (χ1v) is 15.5. The molecule has 1 fully saturated rings. The first-order chi connectivity index (χ1) is 20.6. The molecule has 2 aromatic heterocycles. The molecule has 1 saturated heterocycles. The number of carbonyl (C=O) groups excluding carboxylic acids is 2. The van der Waals surface area contributed by atoms with E-state index in [0.717, 1.165) is 67.4 Å². The van der Waals surface area contributed by atoms with Crippen LogP contribution in [-0.4, -0.2) is 46.3 Å². The van der Waals surface area contributed by atoms with Gasteiger partial charge in [-0.2, -0.15) is 0 Å². The number of anilines is 2. The fourth-order valence-electron chi connectivity index (χ4n) is 7.06. The van der Waals surface area contributed by atoms with Crippen LogP contribution in [0.15, 0.2) is 32.6 Å². The highest BCUT2D eigenvalue weighted by Crippen LogP contribution is 2.47. The number of nitrogen functional groups attached to an aromatic ring is 1. The molecule has 3 aliphatic rings. The number of aryl methyl sites for hydroxylation is 1. The van der Waals surface area contributed by atoms with Crippen molar-refractivity contribution in [3.63, 3.8) is 0 Å². The average Bonchev–Trinajstić information content (AvgIpc) is 3.37. The molecule has 2 amide bonds. The highest BCUT2D eigenvalue weighted by atomic mass is 32.1. The Morgan fingerprint density at radius 1 is 1.07 bits per heavy atom. The number of likely N-dealkylation sites (tertiary alicyclic amines) is 1. The largest absolute Gasteiger partial charge is 0.394 e. The van der Waals surface area contributed by atoms with Crippen molar-refractivity contribution >= 4 is 44.7 Å². The molecule has 7 rings (SSSR count). The predicted molar refractivity (Wildman–Crippen MR) is 164 cm³/mol. The van der Waals surface area contributed by atoms with Crippen LogP contribution in [0.2, 0.25) is 0 Å². The van der Waals surface area contributed by atoms with Crippen molar-refractivity contribution in [2.45, 2.75) is 58.5 Å². The number of hydrogen-bond acceptors (Lipinski definition) is 9. The Balaban J connectivity index is 1.05. The minimum atomic E-state index is -0.625. The molecule has 0 unspecified atom stereocenters. The van der Waals surface area contributed by atoms with Crippen LogP contribution in [0.1, 0.15) is 63.9 Å². The molecular weight excluding hydrogens is 568 g/mol. The van der Waals surface area contributed by atoms with Crippen LogP contribution < -0.4 is 32.4 Å². The SMILES string of the molecule is CC(=O)N1CCC2(CCc3c(sc4nc(C(=O)NCc5ccc6c(c5)CN(c5c(N)c(=O)c5=O)CC6)[nH]c(=O)c34)C2)CC1. The predicted octanol–water partition coefficient (Wildman–Crippen LogP) is 1.77. The summed E-state index contributed by atoms with van der Waals surface area (Å²) in [6.45, 7) is 4.46. The van der Waals surface area contributed by atoms with Gasteiger partial charge in [0, 0.05) is 44.5 Å². The summed E-state index contributed by atoms with van der Waals surface area (Å²) in [5, 5.41) is 3.46. The number of piperidine rings is 1. The van der Waals surface area contributed by atoms with Crippen molar-refractivity contribution in [1.82, 2.24) is 20.2 Å². The van der Waals surface area contributed by atoms with E-state index in [1.165, 1.54) is 16.2 Å². The van der Waals surface area contributed by atoms with Gasteiger partial charge in [-0.05, 0) is 66.2 Å². The van der Waals surface area contributed by atoms with Gasteiger partial charge in [0.2, 0.25) is 11.7 Å². The smallest absolute Gasteiger partial charge is 0.287 e. The Labute approximate surface area is 250 Å². The normalized spacial score (nSPS) is 17.7. The van der Waals surface area contributed by atoms with E-state index < -0.39 is 16.8 Å². The van der Waals surface area contributed by atoms with E-state index in [1.54, 1.807) is 6.92 Å². The van der Waals surface area contributed by atoms with Gasteiger partial charge in [0.05, 0.1) is 5.39 Å². The number of hydrogen-bond donors (Lipinski definition) is 3. The lowest BCUT2D eigenvalue weighted by molar-refractivity contribution is -0.131. The van der Waals surface area contributed by atoms with E-state index in [0.29, 0.717) is 35.4 Å². The monoisotopic (exact) mass is 600 g/mol. The quantitative estimate of drug-likeness (QED) is 0.299. The maximum atomic E-state index is 13.2. The summed E-state index contributed by atoms with van der Waals surface area (Å²) < 4.78 is 0. The van der Waals surface area contributed by atoms with Crippen LogP contribution in [0, 0.1) is 5.41 Å². The van der Waals surface area contributed by atoms with Crippen molar-refractivity contribution in [2.75, 3.05) is 30.3 Å². The topological polar surface area (TPSA) is 159 Å². The molecule has 11 nitrogen and oxygen atoms in total. The molecule has 222 valence electrons. The van der Waals surface area contributed by atoms with E-state index in [9.17, 15) is 24.0 Å². The number of aromatic amines is 1. The Bertz CT molecular complexity index is 1940. The zero-order chi connectivity index (χ0) is 30.0. The van der Waals surface area contributed by atoms with Gasteiger partial charge in [0.25, 0.3) is 22.3 Å². The van der Waals surface area contributed by atoms with Crippen molar-refractivity contribution in [3.8, 4) is 0 Å². The lowest BCUT2D eigenvalue weighted by Crippen LogP contribution is -2.44. The van der Waals surface area contributed by atoms with E-state index in [4.69, 9.17) is 5.73 Å². The maximum Gasteiger partial charge on any atom is 0.287 e. The van der Waals surface area contributed by atoms with Gasteiger partial charge in [-0.1, -0.05) is 18.2 Å². The minimum Gasteiger partial charge on any atom is -0.394 e. The van der Waals surface area contributed by atoms with Crippen LogP contribution in [-0.2, 0) is 37.1 Å². The first-order valence-electron chi connectivity index (χ1n) is 14.7. The van der Waals surface area contributed by atoms with E-state index in [2.05, 4.69) is 15.3 Å². The molecule has 0 atom stereocenters. The molecule has 4 heterocycles. The number of amides is 2. The summed E-state index contributed by atoms with van der Waals surface area (Å²) in [6.07, 6.45) is 5.30. The molecule has 1 spiro atoms. The second-order valence-electron chi connectivity index (χ2n) is 12.2. The molecule has 1 aliphatic carbocycles. The fraction of sp³-hybridized carbons (Fsp3) is 0.419. The van der Waals surface area contributed by atoms with Gasteiger partial charge < -0.3 is 25.8 Å². The average molecular weight is 601 g/mol. The summed E-state index contributed by atoms with van der Waals surface area (Å²) in [4.78, 5) is 74.4. The molecule has 2 aromatic carbocycles. The molecule has 0 radical (unpaired) electrons. The number of rotatable bonds is 4. The Hall–Kier alpha value is -4.32. The number of nitrogens with two attached hydrogens (primary N) is 1. The third-order valence-electron chi connectivity index (χ3n) is 9.64. The number of aromatic nitrogens is 2. The Kier molecular flexibility index (Phi) is 6.49. The molecule has 12 heteroatoms. The van der Waals surface area contributed by atoms with Crippen LogP contribution in [0.5, 0.6) is 0 Å². The third kappa shape index (κ3) is 4.64. The summed E-state index contributed by atoms with van der Waals surface area (Å²) in [7, 11) is 0. The summed E-state index contributed by atoms with van der Waals surface area (Å²) in [5.41, 5.74) is 8.85. The molecular formula is C31H32N6O5S. The van der Waals surface area contributed by atoms with Crippen molar-refractivity contribution < 1.29 is 9.59 Å².